The van der Waals surface area contributed by atoms with Gasteiger partial charge >= 0.3 is 0 Å². The third kappa shape index (κ3) is 1.95. The molecule has 0 amide bonds. The zero-order valence-electron chi connectivity index (χ0n) is 10.5. The summed E-state index contributed by atoms with van der Waals surface area (Å²) in [5.41, 5.74) is 2.42. The lowest BCUT2D eigenvalue weighted by Gasteiger charge is -2.26. The Kier molecular flexibility index (Phi) is 2.49. The monoisotopic (exact) mass is 213 g/mol. The van der Waals surface area contributed by atoms with Crippen LogP contribution in [0.15, 0.2) is 47.5 Å². The Hall–Kier alpha value is -1.37. The zero-order chi connectivity index (χ0) is 11.8. The van der Waals surface area contributed by atoms with Crippen molar-refractivity contribution in [2.24, 2.45) is 15.8 Å². The standard InChI is InChI=1S/C15H19N/c1-14(2)10-11-15(3,4)13(14)16-12-8-6-5-7-9-12/h5-11H,1-4H3. The SMILES string of the molecule is CC1(C)C=CC(C)(C)C1=Nc1ccccc1. The second-order valence-electron chi connectivity index (χ2n) is 5.57. The van der Waals surface area contributed by atoms with Crippen LogP contribution in [-0.2, 0) is 0 Å². The van der Waals surface area contributed by atoms with Crippen molar-refractivity contribution < 1.29 is 0 Å². The fraction of sp³-hybridized carbons (Fsp3) is 0.400. The molecule has 1 aromatic carbocycles. The number of benzene rings is 1. The van der Waals surface area contributed by atoms with E-state index in [1.54, 1.807) is 0 Å². The Balaban J connectivity index is 2.44. The molecular formula is C15H19N. The number of para-hydroxylation sites is 1. The summed E-state index contributed by atoms with van der Waals surface area (Å²) in [5, 5.41) is 0. The van der Waals surface area contributed by atoms with Crippen molar-refractivity contribution in [3.05, 3.63) is 42.5 Å². The van der Waals surface area contributed by atoms with E-state index in [9.17, 15) is 0 Å². The Bertz CT molecular complexity index is 416. The second-order valence-corrected chi connectivity index (χ2v) is 5.57. The lowest BCUT2D eigenvalue weighted by molar-refractivity contribution is 0.609. The Labute approximate surface area is 97.9 Å². The minimum Gasteiger partial charge on any atom is -0.256 e. The van der Waals surface area contributed by atoms with Crippen molar-refractivity contribution >= 4 is 11.4 Å². The molecule has 0 saturated heterocycles. The fourth-order valence-corrected chi connectivity index (χ4v) is 2.32. The van der Waals surface area contributed by atoms with Gasteiger partial charge in [0.05, 0.1) is 5.69 Å². The molecule has 84 valence electrons. The molecule has 1 aliphatic rings. The lowest BCUT2D eigenvalue weighted by atomic mass is 9.80. The van der Waals surface area contributed by atoms with Crippen molar-refractivity contribution in [1.82, 2.24) is 0 Å². The highest BCUT2D eigenvalue weighted by molar-refractivity contribution is 6.01. The van der Waals surface area contributed by atoms with Gasteiger partial charge in [-0.15, -0.1) is 0 Å². The van der Waals surface area contributed by atoms with Crippen LogP contribution in [0, 0.1) is 10.8 Å². The van der Waals surface area contributed by atoms with Crippen molar-refractivity contribution in [2.45, 2.75) is 27.7 Å². The van der Waals surface area contributed by atoms with Gasteiger partial charge in [-0.2, -0.15) is 0 Å². The second kappa shape index (κ2) is 3.58. The van der Waals surface area contributed by atoms with Gasteiger partial charge in [0.1, 0.15) is 0 Å². The number of nitrogens with zero attached hydrogens (tertiary/aromatic N) is 1. The van der Waals surface area contributed by atoms with Gasteiger partial charge in [0.15, 0.2) is 0 Å². The molecule has 0 aromatic heterocycles. The number of hydrogen-bond donors (Lipinski definition) is 0. The summed E-state index contributed by atoms with van der Waals surface area (Å²) in [6, 6.07) is 10.2. The van der Waals surface area contributed by atoms with Crippen molar-refractivity contribution in [1.29, 1.82) is 0 Å². The van der Waals surface area contributed by atoms with Crippen LogP contribution in [0.5, 0.6) is 0 Å². The molecule has 0 spiro atoms. The molecule has 0 unspecified atom stereocenters. The molecular weight excluding hydrogens is 194 g/mol. The van der Waals surface area contributed by atoms with Gasteiger partial charge in [-0.3, -0.25) is 4.99 Å². The predicted molar refractivity (Wildman–Crippen MR) is 70.2 cm³/mol. The van der Waals surface area contributed by atoms with Crippen molar-refractivity contribution in [2.75, 3.05) is 0 Å². The summed E-state index contributed by atoms with van der Waals surface area (Å²) in [4.78, 5) is 4.82. The summed E-state index contributed by atoms with van der Waals surface area (Å²) in [6.45, 7) is 8.89. The Morgan fingerprint density at radius 1 is 0.812 bits per heavy atom. The first kappa shape index (κ1) is 11.1. The average Bonchev–Trinajstić information content (AvgIpc) is 2.43. The minimum absolute atomic E-state index is 0.0688. The molecule has 2 rings (SSSR count). The number of hydrogen-bond acceptors (Lipinski definition) is 1. The van der Waals surface area contributed by atoms with E-state index in [0.29, 0.717) is 0 Å². The molecule has 0 fully saturated rings. The van der Waals surface area contributed by atoms with E-state index < -0.39 is 0 Å². The maximum absolute atomic E-state index is 4.82. The highest BCUT2D eigenvalue weighted by Gasteiger charge is 2.38. The van der Waals surface area contributed by atoms with Gasteiger partial charge in [-0.25, -0.2) is 0 Å². The molecule has 1 heteroatoms. The van der Waals surface area contributed by atoms with E-state index >= 15 is 0 Å². The molecule has 0 heterocycles. The molecule has 1 aromatic rings. The smallest absolute Gasteiger partial charge is 0.0629 e. The summed E-state index contributed by atoms with van der Waals surface area (Å²) in [6.07, 6.45) is 4.52. The predicted octanol–water partition coefficient (Wildman–Crippen LogP) is 4.38. The molecule has 0 atom stereocenters. The van der Waals surface area contributed by atoms with Crippen molar-refractivity contribution in [3.63, 3.8) is 0 Å². The first-order valence-corrected chi connectivity index (χ1v) is 5.77. The topological polar surface area (TPSA) is 12.4 Å². The van der Waals surface area contributed by atoms with Crippen LogP contribution >= 0.6 is 0 Å². The van der Waals surface area contributed by atoms with Crippen molar-refractivity contribution in [3.8, 4) is 0 Å². The van der Waals surface area contributed by atoms with Gasteiger partial charge in [0.2, 0.25) is 0 Å². The largest absolute Gasteiger partial charge is 0.256 e. The fourth-order valence-electron chi connectivity index (χ4n) is 2.32. The van der Waals surface area contributed by atoms with Crippen LogP contribution in [0.1, 0.15) is 27.7 Å². The van der Waals surface area contributed by atoms with E-state index in [0.717, 1.165) is 5.69 Å². The Morgan fingerprint density at radius 3 is 1.81 bits per heavy atom. The summed E-state index contributed by atoms with van der Waals surface area (Å²) >= 11 is 0. The molecule has 16 heavy (non-hydrogen) atoms. The van der Waals surface area contributed by atoms with Gasteiger partial charge in [0, 0.05) is 16.5 Å². The van der Waals surface area contributed by atoms with E-state index in [2.05, 4.69) is 52.0 Å². The van der Waals surface area contributed by atoms with Gasteiger partial charge in [0.25, 0.3) is 0 Å². The first-order valence-electron chi connectivity index (χ1n) is 5.77. The maximum atomic E-state index is 4.82. The highest BCUT2D eigenvalue weighted by atomic mass is 14.8. The number of rotatable bonds is 1. The average molecular weight is 213 g/mol. The van der Waals surface area contributed by atoms with Crippen LogP contribution in [0.3, 0.4) is 0 Å². The minimum atomic E-state index is 0.0688. The molecule has 0 saturated carbocycles. The molecule has 0 bridgehead atoms. The maximum Gasteiger partial charge on any atom is 0.0629 e. The molecule has 1 nitrogen and oxygen atoms in total. The van der Waals surface area contributed by atoms with E-state index in [-0.39, 0.29) is 10.8 Å². The molecule has 0 radical (unpaired) electrons. The summed E-state index contributed by atoms with van der Waals surface area (Å²) < 4.78 is 0. The zero-order valence-corrected chi connectivity index (χ0v) is 10.5. The van der Waals surface area contributed by atoms with Crippen LogP contribution in [0.2, 0.25) is 0 Å². The molecule has 1 aliphatic carbocycles. The molecule has 0 aliphatic heterocycles. The van der Waals surface area contributed by atoms with E-state index in [1.165, 1.54) is 5.71 Å². The van der Waals surface area contributed by atoms with E-state index in [1.807, 2.05) is 18.2 Å². The van der Waals surface area contributed by atoms with Crippen LogP contribution in [0.4, 0.5) is 5.69 Å². The summed E-state index contributed by atoms with van der Waals surface area (Å²) in [7, 11) is 0. The third-order valence-corrected chi connectivity index (χ3v) is 3.13. The van der Waals surface area contributed by atoms with E-state index in [4.69, 9.17) is 4.99 Å². The van der Waals surface area contributed by atoms with Gasteiger partial charge in [-0.05, 0) is 12.1 Å². The normalized spacial score (nSPS) is 21.1. The highest BCUT2D eigenvalue weighted by Crippen LogP contribution is 2.41. The Morgan fingerprint density at radius 2 is 1.31 bits per heavy atom. The van der Waals surface area contributed by atoms with Crippen LogP contribution in [0.25, 0.3) is 0 Å². The van der Waals surface area contributed by atoms with Crippen LogP contribution < -0.4 is 0 Å². The lowest BCUT2D eigenvalue weighted by Crippen LogP contribution is -2.28. The first-order chi connectivity index (χ1) is 7.42. The van der Waals surface area contributed by atoms with Crippen LogP contribution in [-0.4, -0.2) is 5.71 Å². The van der Waals surface area contributed by atoms with Gasteiger partial charge in [-0.1, -0.05) is 58.0 Å². The summed E-state index contributed by atoms with van der Waals surface area (Å²) in [5.74, 6) is 0. The number of allylic oxidation sites excluding steroid dienone is 2. The quantitative estimate of drug-likeness (QED) is 0.614. The third-order valence-electron chi connectivity index (χ3n) is 3.13. The van der Waals surface area contributed by atoms with Gasteiger partial charge < -0.3 is 0 Å². The number of aliphatic imine (C=N–C) groups is 1. The molecule has 0 N–H and O–H groups in total.